The van der Waals surface area contributed by atoms with Crippen LogP contribution >= 0.6 is 0 Å². The van der Waals surface area contributed by atoms with Crippen LogP contribution in [0, 0.1) is 0 Å². The molecule has 0 spiro atoms. The van der Waals surface area contributed by atoms with Crippen molar-refractivity contribution in [1.29, 1.82) is 0 Å². The Labute approximate surface area is 120 Å². The summed E-state index contributed by atoms with van der Waals surface area (Å²) in [5.74, 6) is 0. The summed E-state index contributed by atoms with van der Waals surface area (Å²) in [6.45, 7) is 6.29. The molecule has 0 fully saturated rings. The van der Waals surface area contributed by atoms with E-state index in [1.807, 2.05) is 0 Å². The molecule has 2 heteroatoms. The maximum Gasteiger partial charge on any atom is 1.00 e. The fourth-order valence-electron chi connectivity index (χ4n) is 1.74. The summed E-state index contributed by atoms with van der Waals surface area (Å²) in [6, 6.07) is 0. The van der Waals surface area contributed by atoms with Crippen LogP contribution in [-0.2, 0) is 0 Å². The van der Waals surface area contributed by atoms with Gasteiger partial charge in [0.25, 0.3) is 0 Å². The van der Waals surface area contributed by atoms with Gasteiger partial charge in [0.15, 0.2) is 0 Å². The minimum atomic E-state index is -0.599. The molecule has 1 nitrogen and oxygen atoms in total. The zero-order valence-corrected chi connectivity index (χ0v) is 12.3. The van der Waals surface area contributed by atoms with Crippen LogP contribution in [0.4, 0.5) is 0 Å². The molecule has 0 radical (unpaired) electrons. The predicted molar refractivity (Wildman–Crippen MR) is 47.5 cm³/mol. The number of hydrogen-bond donors (Lipinski definition) is 0. The summed E-state index contributed by atoms with van der Waals surface area (Å²) in [7, 11) is 0. The largest absolute Gasteiger partial charge is 1.00 e. The van der Waals surface area contributed by atoms with Gasteiger partial charge in [-0.15, -0.1) is 5.60 Å². The van der Waals surface area contributed by atoms with Crippen molar-refractivity contribution < 1.29 is 56.5 Å². The monoisotopic (exact) mass is 196 g/mol. The zero-order chi connectivity index (χ0) is 8.74. The molecule has 68 valence electrons. The fourth-order valence-corrected chi connectivity index (χ4v) is 1.74. The van der Waals surface area contributed by atoms with E-state index < -0.39 is 5.60 Å². The number of rotatable bonds is 6. The van der Waals surface area contributed by atoms with E-state index in [1.54, 1.807) is 0 Å². The Balaban J connectivity index is 0. The Kier molecular flexibility index (Phi) is 12.2. The van der Waals surface area contributed by atoms with Crippen molar-refractivity contribution >= 4 is 0 Å². The maximum atomic E-state index is 11.9. The van der Waals surface area contributed by atoms with Crippen LogP contribution in [0.1, 0.15) is 59.3 Å². The van der Waals surface area contributed by atoms with Crippen LogP contribution in [0.25, 0.3) is 0 Å². The van der Waals surface area contributed by atoms with Crippen molar-refractivity contribution in [2.75, 3.05) is 0 Å². The Bertz CT molecular complexity index is 76.8. The van der Waals surface area contributed by atoms with Gasteiger partial charge in [-0.2, -0.15) is 0 Å². The van der Waals surface area contributed by atoms with Gasteiger partial charge in [0.2, 0.25) is 0 Å². The number of hydrogen-bond acceptors (Lipinski definition) is 1. The summed E-state index contributed by atoms with van der Waals surface area (Å²) >= 11 is 0. The topological polar surface area (TPSA) is 23.1 Å². The minimum absolute atomic E-state index is 0. The quantitative estimate of drug-likeness (QED) is 0.525. The summed E-state index contributed by atoms with van der Waals surface area (Å²) in [6.07, 6.45) is 5.66. The minimum Gasteiger partial charge on any atom is -0.849 e. The van der Waals surface area contributed by atoms with Crippen LogP contribution in [-0.4, -0.2) is 5.60 Å². The van der Waals surface area contributed by atoms with Crippen LogP contribution in [0.2, 0.25) is 0 Å². The molecule has 0 aliphatic carbocycles. The summed E-state index contributed by atoms with van der Waals surface area (Å²) < 4.78 is 0. The van der Waals surface area contributed by atoms with Gasteiger partial charge in [-0.3, -0.25) is 0 Å². The average molecular weight is 196 g/mol. The van der Waals surface area contributed by atoms with Crippen LogP contribution in [0.15, 0.2) is 0 Å². The van der Waals surface area contributed by atoms with Gasteiger partial charge in [-0.05, 0) is 0 Å². The van der Waals surface area contributed by atoms with Crippen molar-refractivity contribution in [1.82, 2.24) is 0 Å². The molecule has 0 N–H and O–H groups in total. The molecule has 0 aromatic carbocycles. The van der Waals surface area contributed by atoms with Gasteiger partial charge in [0.05, 0.1) is 0 Å². The molecule has 0 unspecified atom stereocenters. The molecule has 0 aliphatic rings. The first-order valence-corrected chi connectivity index (χ1v) is 4.89. The normalized spacial score (nSPS) is 11.0. The molecule has 0 saturated heterocycles. The van der Waals surface area contributed by atoms with E-state index in [0.717, 1.165) is 38.5 Å². The van der Waals surface area contributed by atoms with Crippen LogP contribution in [0.5, 0.6) is 0 Å². The predicted octanol–water partition coefficient (Wildman–Crippen LogP) is -0.510. The van der Waals surface area contributed by atoms with E-state index in [2.05, 4.69) is 20.8 Å². The van der Waals surface area contributed by atoms with E-state index in [-0.39, 0.29) is 51.4 Å². The molecule has 0 heterocycles. The molecule has 0 atom stereocenters. The Morgan fingerprint density at radius 2 is 1.08 bits per heavy atom. The molecule has 0 aromatic heterocycles. The van der Waals surface area contributed by atoms with E-state index in [1.165, 1.54) is 0 Å². The van der Waals surface area contributed by atoms with Gasteiger partial charge < -0.3 is 5.11 Å². The van der Waals surface area contributed by atoms with Gasteiger partial charge >= 0.3 is 51.4 Å². The van der Waals surface area contributed by atoms with Gasteiger partial charge in [-0.25, -0.2) is 0 Å². The van der Waals surface area contributed by atoms with Crippen molar-refractivity contribution in [2.24, 2.45) is 0 Å². The Hall–Kier alpha value is 1.60. The molecule has 0 aliphatic heterocycles. The zero-order valence-electron chi connectivity index (χ0n) is 9.15. The average Bonchev–Trinajstić information content (AvgIpc) is 1.88. The third-order valence-corrected chi connectivity index (χ3v) is 2.12. The smallest absolute Gasteiger partial charge is 0.849 e. The van der Waals surface area contributed by atoms with Crippen molar-refractivity contribution in [3.63, 3.8) is 0 Å². The van der Waals surface area contributed by atoms with Gasteiger partial charge in [-0.1, -0.05) is 59.3 Å². The SMILES string of the molecule is CCCC([O-])(CCC)CCC.[K+]. The second kappa shape index (κ2) is 9.16. The van der Waals surface area contributed by atoms with Crippen molar-refractivity contribution in [3.05, 3.63) is 0 Å². The molecule has 0 saturated carbocycles. The Morgan fingerprint density at radius 3 is 1.25 bits per heavy atom. The van der Waals surface area contributed by atoms with E-state index >= 15 is 0 Å². The fraction of sp³-hybridized carbons (Fsp3) is 1.00. The second-order valence-electron chi connectivity index (χ2n) is 3.43. The standard InChI is InChI=1S/C10H21O.K/c1-4-7-10(11,8-5-2)9-6-3;/h4-9H2,1-3H3;/q-1;+1. The van der Waals surface area contributed by atoms with E-state index in [9.17, 15) is 5.11 Å². The molecule has 0 rings (SSSR count). The summed E-state index contributed by atoms with van der Waals surface area (Å²) in [5, 5.41) is 11.9. The molecule has 12 heavy (non-hydrogen) atoms. The Morgan fingerprint density at radius 1 is 0.833 bits per heavy atom. The van der Waals surface area contributed by atoms with Crippen LogP contribution < -0.4 is 56.5 Å². The molecule has 0 amide bonds. The molecular weight excluding hydrogens is 175 g/mol. The van der Waals surface area contributed by atoms with Crippen LogP contribution in [0.3, 0.4) is 0 Å². The van der Waals surface area contributed by atoms with Crippen molar-refractivity contribution in [2.45, 2.75) is 64.9 Å². The maximum absolute atomic E-state index is 11.9. The van der Waals surface area contributed by atoms with Gasteiger partial charge in [0.1, 0.15) is 0 Å². The molecule has 0 bridgehead atoms. The molecular formula is C10H21KO. The third-order valence-electron chi connectivity index (χ3n) is 2.12. The summed E-state index contributed by atoms with van der Waals surface area (Å²) in [4.78, 5) is 0. The first kappa shape index (κ1) is 16.0. The first-order chi connectivity index (χ1) is 5.18. The van der Waals surface area contributed by atoms with Gasteiger partial charge in [0, 0.05) is 0 Å². The first-order valence-electron chi connectivity index (χ1n) is 4.89. The van der Waals surface area contributed by atoms with Crippen molar-refractivity contribution in [3.8, 4) is 0 Å². The van der Waals surface area contributed by atoms with E-state index in [4.69, 9.17) is 0 Å². The second-order valence-corrected chi connectivity index (χ2v) is 3.43. The third kappa shape index (κ3) is 7.04. The molecule has 0 aromatic rings. The van der Waals surface area contributed by atoms with E-state index in [0.29, 0.717) is 0 Å². The summed E-state index contributed by atoms with van der Waals surface area (Å²) in [5.41, 5.74) is -0.599.